The Labute approximate surface area is 186 Å². The Kier molecular flexibility index (Phi) is 8.23. The van der Waals surface area contributed by atoms with Crippen molar-refractivity contribution in [3.8, 4) is 11.4 Å². The number of hydrogen-bond donors (Lipinski definition) is 0. The third-order valence-electron chi connectivity index (χ3n) is 5.01. The maximum absolute atomic E-state index is 12.9. The van der Waals surface area contributed by atoms with Gasteiger partial charge >= 0.3 is 5.97 Å². The number of esters is 1. The number of methoxy groups -OCH3 is 1. The zero-order valence-electron chi connectivity index (χ0n) is 18.4. The van der Waals surface area contributed by atoms with E-state index in [0.29, 0.717) is 29.7 Å². The molecule has 1 atom stereocenters. The van der Waals surface area contributed by atoms with Crippen molar-refractivity contribution in [1.82, 2.24) is 9.55 Å². The highest BCUT2D eigenvalue weighted by atomic mass is 32.2. The van der Waals surface area contributed by atoms with Gasteiger partial charge in [0, 0.05) is 17.9 Å². The van der Waals surface area contributed by atoms with Gasteiger partial charge in [0.1, 0.15) is 11.3 Å². The minimum Gasteiger partial charge on any atom is -0.491 e. The summed E-state index contributed by atoms with van der Waals surface area (Å²) in [5.74, 6) is 1.07. The molecule has 0 saturated carbocycles. The van der Waals surface area contributed by atoms with Crippen molar-refractivity contribution in [1.29, 1.82) is 0 Å². The molecular weight excluding hydrogens is 412 g/mol. The summed E-state index contributed by atoms with van der Waals surface area (Å²) in [6, 6.07) is 14.0. The first-order valence-electron chi connectivity index (χ1n) is 10.7. The Morgan fingerprint density at radius 1 is 1.10 bits per heavy atom. The van der Waals surface area contributed by atoms with Gasteiger partial charge in [0.15, 0.2) is 0 Å². The number of nitrogens with zero attached hydrogens (tertiary/aromatic N) is 2. The van der Waals surface area contributed by atoms with Crippen molar-refractivity contribution >= 4 is 27.8 Å². The highest BCUT2D eigenvalue weighted by Crippen LogP contribution is 2.30. The smallest absolute Gasteiger partial charge is 0.305 e. The molecular formula is C24H30N2O4S. The number of carbonyl (C=O) groups is 1. The molecule has 3 rings (SSSR count). The number of rotatable bonds is 11. The molecule has 0 N–H and O–H groups in total. The number of benzene rings is 2. The van der Waals surface area contributed by atoms with Gasteiger partial charge < -0.3 is 9.47 Å². The van der Waals surface area contributed by atoms with Crippen LogP contribution >= 0.6 is 0 Å². The van der Waals surface area contributed by atoms with Crippen molar-refractivity contribution in [2.45, 2.75) is 51.1 Å². The van der Waals surface area contributed by atoms with Crippen LogP contribution in [0.3, 0.4) is 0 Å². The monoisotopic (exact) mass is 442 g/mol. The maximum atomic E-state index is 12.9. The molecule has 0 radical (unpaired) electrons. The first-order valence-corrected chi connectivity index (χ1v) is 12.0. The molecule has 0 fully saturated rings. The summed E-state index contributed by atoms with van der Waals surface area (Å²) in [6.07, 6.45) is 3.75. The number of imidazole rings is 1. The fourth-order valence-corrected chi connectivity index (χ4v) is 4.53. The van der Waals surface area contributed by atoms with Gasteiger partial charge in [-0.2, -0.15) is 0 Å². The Hall–Kier alpha value is -2.67. The van der Waals surface area contributed by atoms with Gasteiger partial charge in [0.2, 0.25) is 5.16 Å². The molecule has 1 unspecified atom stereocenters. The lowest BCUT2D eigenvalue weighted by Crippen LogP contribution is -2.06. The van der Waals surface area contributed by atoms with E-state index in [1.54, 1.807) is 0 Å². The van der Waals surface area contributed by atoms with E-state index in [0.717, 1.165) is 42.4 Å². The molecule has 6 nitrogen and oxygen atoms in total. The molecule has 31 heavy (non-hydrogen) atoms. The number of carbonyl (C=O) groups excluding carboxylic acids is 1. The van der Waals surface area contributed by atoms with E-state index in [2.05, 4.69) is 4.74 Å². The molecule has 0 aliphatic rings. The molecule has 0 aliphatic carbocycles. The highest BCUT2D eigenvalue weighted by Gasteiger charge is 2.19. The predicted octanol–water partition coefficient (Wildman–Crippen LogP) is 4.96. The van der Waals surface area contributed by atoms with Gasteiger partial charge in [-0.05, 0) is 56.9 Å². The summed E-state index contributed by atoms with van der Waals surface area (Å²) in [5.41, 5.74) is 3.71. The second-order valence-electron chi connectivity index (χ2n) is 7.47. The van der Waals surface area contributed by atoms with Crippen LogP contribution in [0.2, 0.25) is 0 Å². The van der Waals surface area contributed by atoms with Gasteiger partial charge in [-0.25, -0.2) is 4.98 Å². The normalized spacial score (nSPS) is 12.1. The minimum atomic E-state index is -1.20. The quantitative estimate of drug-likeness (QED) is 0.310. The van der Waals surface area contributed by atoms with E-state index in [4.69, 9.17) is 9.72 Å². The number of aromatic nitrogens is 2. The summed E-state index contributed by atoms with van der Waals surface area (Å²) in [5, 5.41) is 0.551. The Balaban J connectivity index is 1.84. The summed E-state index contributed by atoms with van der Waals surface area (Å²) >= 11 is 0. The van der Waals surface area contributed by atoms with E-state index < -0.39 is 10.8 Å². The average molecular weight is 443 g/mol. The largest absolute Gasteiger partial charge is 0.491 e. The number of fused-ring (bicyclic) bond motifs is 1. The van der Waals surface area contributed by atoms with Crippen LogP contribution in [0, 0.1) is 6.92 Å². The number of aryl methyl sites for hydroxylation is 1. The zero-order chi connectivity index (χ0) is 22.2. The van der Waals surface area contributed by atoms with Crippen molar-refractivity contribution in [2.75, 3.05) is 19.5 Å². The zero-order valence-corrected chi connectivity index (χ0v) is 19.2. The van der Waals surface area contributed by atoms with E-state index in [1.165, 1.54) is 12.7 Å². The summed E-state index contributed by atoms with van der Waals surface area (Å²) in [6.45, 7) is 4.60. The molecule has 0 saturated heterocycles. The molecule has 1 aromatic heterocycles. The summed E-state index contributed by atoms with van der Waals surface area (Å²) in [4.78, 5) is 16.0. The van der Waals surface area contributed by atoms with Crippen LogP contribution < -0.4 is 4.74 Å². The molecule has 0 aliphatic heterocycles. The van der Waals surface area contributed by atoms with Crippen LogP contribution in [0.1, 0.15) is 44.6 Å². The lowest BCUT2D eigenvalue weighted by atomic mass is 10.2. The second-order valence-corrected chi connectivity index (χ2v) is 8.94. The van der Waals surface area contributed by atoms with Gasteiger partial charge in [0.05, 0.1) is 30.0 Å². The standard InChI is InChI=1S/C24H30N2O4S/c1-4-17-31(28)24-25-23-20(26(24)19-14-12-18(2)13-15-19)9-8-10-21(23)30-16-7-5-6-11-22(27)29-3/h8-10,12-15H,4-7,11,16-17H2,1-3H3. The topological polar surface area (TPSA) is 70.4 Å². The third-order valence-corrected chi connectivity index (χ3v) is 6.47. The summed E-state index contributed by atoms with van der Waals surface area (Å²) < 4.78 is 25.6. The molecule has 1 heterocycles. The van der Waals surface area contributed by atoms with E-state index in [-0.39, 0.29) is 5.97 Å². The Bertz CT molecular complexity index is 1040. The van der Waals surface area contributed by atoms with Crippen LogP contribution in [0.4, 0.5) is 0 Å². The average Bonchev–Trinajstić information content (AvgIpc) is 3.17. The van der Waals surface area contributed by atoms with Crippen LogP contribution in [-0.4, -0.2) is 39.2 Å². The number of hydrogen-bond acceptors (Lipinski definition) is 5. The van der Waals surface area contributed by atoms with Crippen LogP contribution in [0.15, 0.2) is 47.6 Å². The predicted molar refractivity (Wildman–Crippen MR) is 123 cm³/mol. The summed E-state index contributed by atoms with van der Waals surface area (Å²) in [7, 11) is 0.202. The minimum absolute atomic E-state index is 0.181. The van der Waals surface area contributed by atoms with E-state index >= 15 is 0 Å². The fraction of sp³-hybridized carbons (Fsp3) is 0.417. The van der Waals surface area contributed by atoms with E-state index in [9.17, 15) is 9.00 Å². The van der Waals surface area contributed by atoms with Gasteiger partial charge in [0.25, 0.3) is 0 Å². The highest BCUT2D eigenvalue weighted by molar-refractivity contribution is 7.84. The van der Waals surface area contributed by atoms with Crippen molar-refractivity contribution in [3.05, 3.63) is 48.0 Å². The number of para-hydroxylation sites is 1. The van der Waals surface area contributed by atoms with Gasteiger partial charge in [-0.1, -0.05) is 30.7 Å². The van der Waals surface area contributed by atoms with Crippen molar-refractivity contribution in [3.63, 3.8) is 0 Å². The lowest BCUT2D eigenvalue weighted by molar-refractivity contribution is -0.140. The van der Waals surface area contributed by atoms with Crippen LogP contribution in [0.25, 0.3) is 16.7 Å². The number of ether oxygens (including phenoxy) is 2. The van der Waals surface area contributed by atoms with Gasteiger partial charge in [-0.15, -0.1) is 0 Å². The van der Waals surface area contributed by atoms with Gasteiger partial charge in [-0.3, -0.25) is 13.6 Å². The molecule has 3 aromatic rings. The first kappa shape index (κ1) is 23.0. The molecule has 0 spiro atoms. The van der Waals surface area contributed by atoms with E-state index in [1.807, 2.05) is 60.9 Å². The third kappa shape index (κ3) is 5.73. The SMILES string of the molecule is CCCS(=O)c1nc2c(OCCCCCC(=O)OC)cccc2n1-c1ccc(C)cc1. The van der Waals surface area contributed by atoms with Crippen molar-refractivity contribution in [2.24, 2.45) is 0 Å². The Morgan fingerprint density at radius 2 is 1.87 bits per heavy atom. The fourth-order valence-electron chi connectivity index (χ4n) is 3.37. The molecule has 7 heteroatoms. The molecule has 166 valence electrons. The maximum Gasteiger partial charge on any atom is 0.305 e. The molecule has 2 aromatic carbocycles. The molecule has 0 amide bonds. The van der Waals surface area contributed by atoms with Crippen molar-refractivity contribution < 1.29 is 18.5 Å². The Morgan fingerprint density at radius 3 is 2.58 bits per heavy atom. The molecule has 0 bridgehead atoms. The first-order chi connectivity index (χ1) is 15.0. The lowest BCUT2D eigenvalue weighted by Gasteiger charge is -2.10. The van der Waals surface area contributed by atoms with Crippen LogP contribution in [0.5, 0.6) is 5.75 Å². The van der Waals surface area contributed by atoms with Crippen LogP contribution in [-0.2, 0) is 20.3 Å². The second kappa shape index (κ2) is 11.1. The number of unbranched alkanes of at least 4 members (excludes halogenated alkanes) is 2.